The van der Waals surface area contributed by atoms with E-state index in [-0.39, 0.29) is 12.5 Å². The molecule has 2 aliphatic rings. The van der Waals surface area contributed by atoms with Crippen LogP contribution in [0.15, 0.2) is 35.5 Å². The van der Waals surface area contributed by atoms with E-state index in [2.05, 4.69) is 37.1 Å². The van der Waals surface area contributed by atoms with Crippen molar-refractivity contribution < 1.29 is 23.4 Å². The van der Waals surface area contributed by atoms with Crippen LogP contribution in [-0.4, -0.2) is 38.0 Å². The summed E-state index contributed by atoms with van der Waals surface area (Å²) in [5.74, 6) is 2.28. The number of nitrogens with two attached hydrogens (primary N) is 1. The molecule has 0 bridgehead atoms. The van der Waals surface area contributed by atoms with E-state index in [1.54, 1.807) is 0 Å². The van der Waals surface area contributed by atoms with Crippen LogP contribution in [0.3, 0.4) is 0 Å². The molecule has 1 unspecified atom stereocenters. The van der Waals surface area contributed by atoms with Crippen LogP contribution in [0.2, 0.25) is 0 Å². The summed E-state index contributed by atoms with van der Waals surface area (Å²) in [5.41, 5.74) is 9.24. The van der Waals surface area contributed by atoms with Crippen LogP contribution >= 0.6 is 7.82 Å². The monoisotopic (exact) mass is 459 g/mol. The van der Waals surface area contributed by atoms with E-state index in [1.807, 2.05) is 0 Å². The van der Waals surface area contributed by atoms with E-state index in [1.165, 1.54) is 11.1 Å². The van der Waals surface area contributed by atoms with E-state index in [0.29, 0.717) is 18.8 Å². The van der Waals surface area contributed by atoms with Gasteiger partial charge in [0.2, 0.25) is 0 Å². The van der Waals surface area contributed by atoms with Crippen LogP contribution in [-0.2, 0) is 20.3 Å². The zero-order chi connectivity index (χ0) is 22.4. The van der Waals surface area contributed by atoms with E-state index in [0.717, 1.165) is 55.6 Å². The smallest absolute Gasteiger partial charge is 0.469 e. The highest BCUT2D eigenvalue weighted by molar-refractivity contribution is 7.91. The minimum absolute atomic E-state index is 0.144. The van der Waals surface area contributed by atoms with E-state index in [4.69, 9.17) is 15.5 Å². The molecule has 0 aromatic heterocycles. The van der Waals surface area contributed by atoms with Crippen LogP contribution in [0.5, 0.6) is 0 Å². The van der Waals surface area contributed by atoms with Gasteiger partial charge in [0.25, 0.3) is 0 Å². The zero-order valence-corrected chi connectivity index (χ0v) is 20.1. The molecule has 172 valence electrons. The second kappa shape index (κ2) is 11.5. The Labute approximate surface area is 184 Å². The molecule has 0 heterocycles. The molecule has 30 heavy (non-hydrogen) atoms. The first-order valence-electron chi connectivity index (χ1n) is 10.9. The molecule has 4 N–H and O–H groups in total. The number of hydrogen-bond donors (Lipinski definition) is 3. The highest BCUT2D eigenvalue weighted by Crippen LogP contribution is 2.43. The lowest BCUT2D eigenvalue weighted by atomic mass is 9.81. The molecule has 0 saturated heterocycles. The summed E-state index contributed by atoms with van der Waals surface area (Å²) in [6.07, 6.45) is 11.6. The van der Waals surface area contributed by atoms with Crippen LogP contribution in [0.4, 0.5) is 0 Å². The van der Waals surface area contributed by atoms with Gasteiger partial charge in [0, 0.05) is 11.5 Å². The highest BCUT2D eigenvalue weighted by Gasteiger charge is 2.38. The maximum Gasteiger partial charge on any atom is 0.469 e. The lowest BCUT2D eigenvalue weighted by Gasteiger charge is -2.28. The fourth-order valence-corrected chi connectivity index (χ4v) is 6.50. The molecular weight excluding hydrogens is 421 g/mol. The number of unbranched alkanes of at least 4 members (excludes halogenated alkanes) is 1. The molecule has 2 aliphatic carbocycles. The van der Waals surface area contributed by atoms with Gasteiger partial charge in [0.1, 0.15) is 11.5 Å². The van der Waals surface area contributed by atoms with Crippen molar-refractivity contribution in [3.05, 3.63) is 35.5 Å². The first-order chi connectivity index (χ1) is 14.0. The second-order valence-corrected chi connectivity index (χ2v) is 11.8. The minimum Gasteiger partial charge on any atom is -0.616 e. The van der Waals surface area contributed by atoms with Gasteiger partial charge in [-0.1, -0.05) is 48.8 Å². The van der Waals surface area contributed by atoms with Crippen molar-refractivity contribution in [1.29, 1.82) is 0 Å². The Balaban J connectivity index is 1.92. The lowest BCUT2D eigenvalue weighted by molar-refractivity contribution is 0.152. The van der Waals surface area contributed by atoms with Crippen LogP contribution in [0.25, 0.3) is 0 Å². The number of hydrogen-bond acceptors (Lipinski definition) is 4. The van der Waals surface area contributed by atoms with Gasteiger partial charge in [-0.15, -0.1) is 0 Å². The summed E-state index contributed by atoms with van der Waals surface area (Å²) in [6, 6.07) is 0. The molecule has 0 radical (unpaired) electrons. The average molecular weight is 460 g/mol. The fourth-order valence-electron chi connectivity index (χ4n) is 4.48. The zero-order valence-electron chi connectivity index (χ0n) is 18.3. The first-order valence-corrected chi connectivity index (χ1v) is 14.0. The summed E-state index contributed by atoms with van der Waals surface area (Å²) in [6.45, 7) is 8.31. The third-order valence-corrected chi connectivity index (χ3v) is 8.34. The van der Waals surface area contributed by atoms with Gasteiger partial charge < -0.3 is 20.1 Å². The van der Waals surface area contributed by atoms with Crippen LogP contribution in [0.1, 0.15) is 65.2 Å². The van der Waals surface area contributed by atoms with Gasteiger partial charge >= 0.3 is 7.82 Å². The SMILES string of the molecule is C=C(/C=C1/CC[C@@H](C[S+]([O-])CCCC)C/C1=C/C)[C@H]1CC[C@](N)(COP(=O)(O)O)C1. The van der Waals surface area contributed by atoms with Crippen molar-refractivity contribution >= 4 is 19.0 Å². The van der Waals surface area contributed by atoms with E-state index in [9.17, 15) is 9.12 Å². The standard InChI is InChI=1S/C22H38NO5PS/c1-4-6-11-30(27)15-18-7-8-20(19(5-2)13-18)12-17(3)21-9-10-22(23,14-21)16-28-29(24,25)26/h5,12,18,21H,3-4,6-11,13-16,23H2,1-2H3,(H2,24,25,26)/b19-5-,20-12-/t18-,21+,22-,30?/m1/s1. The Kier molecular flexibility index (Phi) is 9.88. The van der Waals surface area contributed by atoms with Crippen LogP contribution < -0.4 is 5.73 Å². The molecule has 2 fully saturated rings. The normalized spacial score (nSPS) is 31.4. The summed E-state index contributed by atoms with van der Waals surface area (Å²) < 4.78 is 27.9. The third-order valence-electron chi connectivity index (χ3n) is 6.29. The molecule has 0 aromatic carbocycles. The molecule has 2 rings (SSSR count). The molecule has 4 atom stereocenters. The van der Waals surface area contributed by atoms with Gasteiger partial charge in [-0.2, -0.15) is 0 Å². The van der Waals surface area contributed by atoms with Crippen molar-refractivity contribution in [3.63, 3.8) is 0 Å². The topological polar surface area (TPSA) is 116 Å². The predicted molar refractivity (Wildman–Crippen MR) is 123 cm³/mol. The van der Waals surface area contributed by atoms with Crippen molar-refractivity contribution in [2.75, 3.05) is 18.1 Å². The first kappa shape index (κ1) is 25.9. The molecule has 0 aromatic rings. The van der Waals surface area contributed by atoms with Crippen molar-refractivity contribution in [2.45, 2.75) is 70.8 Å². The van der Waals surface area contributed by atoms with Crippen molar-refractivity contribution in [1.82, 2.24) is 0 Å². The largest absolute Gasteiger partial charge is 0.616 e. The van der Waals surface area contributed by atoms with Gasteiger partial charge in [0.05, 0.1) is 6.61 Å². The van der Waals surface area contributed by atoms with E-state index >= 15 is 0 Å². The Morgan fingerprint density at radius 1 is 1.43 bits per heavy atom. The molecule has 8 heteroatoms. The number of phosphoric ester groups is 1. The Hall–Kier alpha value is -0.400. The maximum absolute atomic E-state index is 12.3. The fraction of sp³-hybridized carbons (Fsp3) is 0.727. The highest BCUT2D eigenvalue weighted by atomic mass is 32.2. The number of rotatable bonds is 10. The van der Waals surface area contributed by atoms with Crippen molar-refractivity contribution in [2.24, 2.45) is 17.6 Å². The predicted octanol–water partition coefficient (Wildman–Crippen LogP) is 4.37. The molecule has 0 spiro atoms. The molecule has 2 saturated carbocycles. The Bertz CT molecular complexity index is 704. The second-order valence-electron chi connectivity index (χ2n) is 8.90. The van der Waals surface area contributed by atoms with E-state index < -0.39 is 24.5 Å². The van der Waals surface area contributed by atoms with Gasteiger partial charge in [0.15, 0.2) is 0 Å². The molecule has 0 aliphatic heterocycles. The maximum atomic E-state index is 12.3. The summed E-state index contributed by atoms with van der Waals surface area (Å²) in [5, 5.41) is 0. The number of phosphoric acid groups is 1. The minimum atomic E-state index is -4.51. The number of allylic oxidation sites excluding steroid dienone is 5. The third kappa shape index (κ3) is 8.27. The van der Waals surface area contributed by atoms with Gasteiger partial charge in [-0.05, 0) is 68.9 Å². The quantitative estimate of drug-likeness (QED) is 0.330. The molecular formula is C22H38NO5PS. The summed E-state index contributed by atoms with van der Waals surface area (Å²) in [4.78, 5) is 17.9. The molecule has 6 nitrogen and oxygen atoms in total. The molecule has 0 amide bonds. The average Bonchev–Trinajstić information content (AvgIpc) is 3.08. The lowest BCUT2D eigenvalue weighted by Crippen LogP contribution is -2.41. The Morgan fingerprint density at radius 3 is 2.80 bits per heavy atom. The van der Waals surface area contributed by atoms with Gasteiger partial charge in [-0.3, -0.25) is 4.52 Å². The van der Waals surface area contributed by atoms with Crippen molar-refractivity contribution in [3.8, 4) is 0 Å². The summed E-state index contributed by atoms with van der Waals surface area (Å²) in [7, 11) is -4.51. The van der Waals surface area contributed by atoms with Crippen LogP contribution in [0, 0.1) is 11.8 Å². The summed E-state index contributed by atoms with van der Waals surface area (Å²) >= 11 is -0.721. The van der Waals surface area contributed by atoms with Gasteiger partial charge in [-0.25, -0.2) is 4.57 Å². The Morgan fingerprint density at radius 2 is 2.17 bits per heavy atom.